The van der Waals surface area contributed by atoms with Crippen LogP contribution >= 0.6 is 0 Å². The zero-order valence-electron chi connectivity index (χ0n) is 17.6. The predicted molar refractivity (Wildman–Crippen MR) is 98.4 cm³/mol. The first-order valence-electron chi connectivity index (χ1n) is 8.89. The molecule has 6 nitrogen and oxygen atoms in total. The predicted octanol–water partition coefficient (Wildman–Crippen LogP) is 5.99. The van der Waals surface area contributed by atoms with Crippen LogP contribution < -0.4 is 0 Å². The summed E-state index contributed by atoms with van der Waals surface area (Å²) in [7, 11) is 0. The van der Waals surface area contributed by atoms with Crippen LogP contribution in [0.4, 0.5) is 0 Å². The molecule has 0 aliphatic carbocycles. The molecule has 1 heterocycles. The molecule has 0 N–H and O–H groups in total. The van der Waals surface area contributed by atoms with Crippen molar-refractivity contribution in [3.63, 3.8) is 0 Å². The summed E-state index contributed by atoms with van der Waals surface area (Å²) in [6.45, 7) is 19.2. The molecule has 0 saturated carbocycles. The number of rotatable bonds is 6. The lowest BCUT2D eigenvalue weighted by molar-refractivity contribution is -0.402. The summed E-state index contributed by atoms with van der Waals surface area (Å²) in [4.78, 5) is 22.4. The summed E-state index contributed by atoms with van der Waals surface area (Å²) in [6, 6.07) is 3.87. The Bertz CT molecular complexity index is 673. The Morgan fingerprint density at radius 2 is 0.846 bits per heavy atom. The molecule has 6 heteroatoms. The van der Waals surface area contributed by atoms with Crippen molar-refractivity contribution in [2.75, 3.05) is 0 Å². The van der Waals surface area contributed by atoms with Gasteiger partial charge in [0.25, 0.3) is 0 Å². The van der Waals surface area contributed by atoms with E-state index in [0.29, 0.717) is 11.2 Å². The fourth-order valence-corrected chi connectivity index (χ4v) is 2.27. The normalized spacial score (nSPS) is 14.4. The molecule has 0 fully saturated rings. The highest BCUT2D eigenvalue weighted by atomic mass is 17.2. The standard InChI is InChI=1S/C20H32O6/c1-17(2,3)23-25-19(7,8)13-11-12-14(16-15(13)21-22-16)20(9,10)26-24-18(4,5)6/h11-12H,1-10H3. The minimum Gasteiger partial charge on any atom is -0.285 e. The highest BCUT2D eigenvalue weighted by molar-refractivity contribution is 5.80. The maximum Gasteiger partial charge on any atom is 0.232 e. The SMILES string of the molecule is CC(C)(C)OOC(C)(C)c1ccc(C(C)(C)OOC(C)(C)C)c2ooc12. The highest BCUT2D eigenvalue weighted by Gasteiger charge is 2.36. The topological polar surface area (TPSA) is 63.2 Å². The lowest BCUT2D eigenvalue weighted by Gasteiger charge is -2.31. The van der Waals surface area contributed by atoms with Crippen LogP contribution in [0.3, 0.4) is 0 Å². The van der Waals surface area contributed by atoms with Crippen LogP contribution in [0.2, 0.25) is 0 Å². The molecule has 0 amide bonds. The molecule has 1 aromatic carbocycles. The Kier molecular flexibility index (Phi) is 5.38. The minimum atomic E-state index is -0.716. The van der Waals surface area contributed by atoms with Gasteiger partial charge in [0.2, 0.25) is 11.2 Å². The van der Waals surface area contributed by atoms with Gasteiger partial charge in [-0.2, -0.15) is 0 Å². The fraction of sp³-hybridized carbons (Fsp3) is 0.700. The molecular weight excluding hydrogens is 336 g/mol. The van der Waals surface area contributed by atoms with Crippen LogP contribution in [0, 0.1) is 0 Å². The van der Waals surface area contributed by atoms with Crippen LogP contribution in [0.25, 0.3) is 11.2 Å². The van der Waals surface area contributed by atoms with Gasteiger partial charge in [-0.1, -0.05) is 12.1 Å². The van der Waals surface area contributed by atoms with Crippen molar-refractivity contribution < 1.29 is 28.7 Å². The molecule has 0 spiro atoms. The average molecular weight is 368 g/mol. The van der Waals surface area contributed by atoms with E-state index in [1.54, 1.807) is 0 Å². The third kappa shape index (κ3) is 4.88. The van der Waals surface area contributed by atoms with E-state index in [4.69, 9.17) is 28.7 Å². The third-order valence-corrected chi connectivity index (χ3v) is 3.62. The fourth-order valence-electron chi connectivity index (χ4n) is 2.27. The number of fused-ring (bicyclic) bond motifs is 1. The monoisotopic (exact) mass is 368 g/mol. The number of hydrogen-bond donors (Lipinski definition) is 0. The van der Waals surface area contributed by atoms with Crippen molar-refractivity contribution in [1.29, 1.82) is 0 Å². The molecule has 0 aliphatic heterocycles. The van der Waals surface area contributed by atoms with E-state index < -0.39 is 22.4 Å². The van der Waals surface area contributed by atoms with Crippen LogP contribution in [0.5, 0.6) is 0 Å². The van der Waals surface area contributed by atoms with E-state index >= 15 is 0 Å². The summed E-state index contributed by atoms with van der Waals surface area (Å²) in [5, 5.41) is 0. The van der Waals surface area contributed by atoms with E-state index in [2.05, 4.69) is 0 Å². The second-order valence-electron chi connectivity index (χ2n) is 9.56. The summed E-state index contributed by atoms with van der Waals surface area (Å²) < 4.78 is 10.5. The summed E-state index contributed by atoms with van der Waals surface area (Å²) in [5.41, 5.74) is 0.649. The highest BCUT2D eigenvalue weighted by Crippen LogP contribution is 2.40. The van der Waals surface area contributed by atoms with Crippen LogP contribution in [0.15, 0.2) is 21.3 Å². The van der Waals surface area contributed by atoms with Gasteiger partial charge in [-0.25, -0.2) is 19.6 Å². The van der Waals surface area contributed by atoms with Gasteiger partial charge in [0.15, 0.2) is 0 Å². The molecule has 0 unspecified atom stereocenters. The van der Waals surface area contributed by atoms with Gasteiger partial charge in [-0.3, -0.25) is 9.15 Å². The second-order valence-corrected chi connectivity index (χ2v) is 9.56. The first kappa shape index (κ1) is 21.0. The van der Waals surface area contributed by atoms with Gasteiger partial charge < -0.3 is 0 Å². The quantitative estimate of drug-likeness (QED) is 0.461. The van der Waals surface area contributed by atoms with Crippen LogP contribution in [0.1, 0.15) is 80.4 Å². The summed E-state index contributed by atoms with van der Waals surface area (Å²) in [6.07, 6.45) is 0. The Hall–Kier alpha value is -1.34. The zero-order chi connectivity index (χ0) is 20.0. The van der Waals surface area contributed by atoms with E-state index in [-0.39, 0.29) is 0 Å². The molecule has 0 bridgehead atoms. The molecule has 0 saturated heterocycles. The molecule has 0 aliphatic rings. The lowest BCUT2D eigenvalue weighted by atomic mass is 9.91. The van der Waals surface area contributed by atoms with Crippen molar-refractivity contribution in [2.24, 2.45) is 0 Å². The largest absolute Gasteiger partial charge is 0.285 e. The molecule has 26 heavy (non-hydrogen) atoms. The molecule has 148 valence electrons. The van der Waals surface area contributed by atoms with Gasteiger partial charge >= 0.3 is 0 Å². The summed E-state index contributed by atoms with van der Waals surface area (Å²) in [5.74, 6) is 0. The second kappa shape index (κ2) is 6.68. The van der Waals surface area contributed by atoms with E-state index in [0.717, 1.165) is 11.1 Å². The number of hydrogen-bond acceptors (Lipinski definition) is 6. The van der Waals surface area contributed by atoms with Crippen molar-refractivity contribution in [3.05, 3.63) is 23.3 Å². The Labute approximate surface area is 155 Å². The Morgan fingerprint density at radius 1 is 0.538 bits per heavy atom. The Balaban J connectivity index is 2.29. The first-order valence-corrected chi connectivity index (χ1v) is 8.89. The van der Waals surface area contributed by atoms with E-state index in [1.165, 1.54) is 0 Å². The lowest BCUT2D eigenvalue weighted by Crippen LogP contribution is -2.31. The van der Waals surface area contributed by atoms with Gasteiger partial charge in [-0.05, 0) is 69.2 Å². The molecule has 2 rings (SSSR count). The third-order valence-electron chi connectivity index (χ3n) is 3.62. The van der Waals surface area contributed by atoms with Crippen LogP contribution in [-0.2, 0) is 30.8 Å². The first-order chi connectivity index (χ1) is 11.6. The van der Waals surface area contributed by atoms with Gasteiger partial charge in [0, 0.05) is 11.1 Å². The van der Waals surface area contributed by atoms with E-state index in [9.17, 15) is 0 Å². The smallest absolute Gasteiger partial charge is 0.232 e. The van der Waals surface area contributed by atoms with Crippen molar-refractivity contribution >= 4 is 11.2 Å². The molecule has 2 aromatic rings. The van der Waals surface area contributed by atoms with Crippen molar-refractivity contribution in [3.8, 4) is 0 Å². The van der Waals surface area contributed by atoms with Gasteiger partial charge in [0.05, 0.1) is 11.2 Å². The Morgan fingerprint density at radius 3 is 1.08 bits per heavy atom. The van der Waals surface area contributed by atoms with Gasteiger partial charge in [-0.15, -0.1) is 0 Å². The van der Waals surface area contributed by atoms with Gasteiger partial charge in [0.1, 0.15) is 11.2 Å². The molecular formula is C20H32O6. The average Bonchev–Trinajstić information content (AvgIpc) is 2.42. The minimum absolute atomic E-state index is 0.415. The van der Waals surface area contributed by atoms with E-state index in [1.807, 2.05) is 81.4 Å². The van der Waals surface area contributed by atoms with Crippen molar-refractivity contribution in [2.45, 2.75) is 91.6 Å². The molecule has 0 atom stereocenters. The van der Waals surface area contributed by atoms with Crippen molar-refractivity contribution in [1.82, 2.24) is 0 Å². The number of benzene rings is 1. The maximum absolute atomic E-state index is 5.68. The molecule has 0 radical (unpaired) electrons. The summed E-state index contributed by atoms with van der Waals surface area (Å²) >= 11 is 0. The molecule has 1 aromatic heterocycles. The van der Waals surface area contributed by atoms with Crippen LogP contribution in [-0.4, -0.2) is 11.2 Å². The zero-order valence-corrected chi connectivity index (χ0v) is 17.6. The maximum atomic E-state index is 5.68.